The lowest BCUT2D eigenvalue weighted by molar-refractivity contribution is -0.136. The summed E-state index contributed by atoms with van der Waals surface area (Å²) in [6, 6.07) is 17.4. The molecule has 5 aromatic rings. The van der Waals surface area contributed by atoms with Crippen molar-refractivity contribution < 1.29 is 28.6 Å². The summed E-state index contributed by atoms with van der Waals surface area (Å²) in [7, 11) is 2.09. The standard InChI is InChI=1S/C45H46N6O6/c1-49-39-14-17-46-27-38(39)37-9-6-29(23-41(37)49)30-7-13-43(47-26-30)57-35-24-34(25-35)56-32-15-19-50(20-16-32)18-4-2-3-5-21-55-33-8-10-36-31(22-33)28-51(45(36)54)40-11-12-42(52)48-44(40)53/h6-10,13-14,17,22-23,26-27,32,34-35,40H,2,4,11-12,15-16,18-21,24-25,28H2,1H3,(H,48,52,53). The molecular formula is C45H46N6O6. The SMILES string of the molecule is Cn1c2ccncc2c2ccc(-c3ccc(OC4CC(OC5CCN(CCCC#CCOc6ccc7c(c6)CN(C6CCC(=O)NC6=O)C7=O)CC5)C4)nc3)cc21. The first-order valence-electron chi connectivity index (χ1n) is 20.1. The monoisotopic (exact) mass is 766 g/mol. The first-order valence-corrected chi connectivity index (χ1v) is 20.1. The van der Waals surface area contributed by atoms with Crippen LogP contribution in [0.2, 0.25) is 0 Å². The fraction of sp³-hybridized carbons (Fsp3) is 0.400. The number of hydrogen-bond acceptors (Lipinski definition) is 9. The molecular weight excluding hydrogens is 721 g/mol. The molecule has 9 rings (SSSR count). The Balaban J connectivity index is 0.646. The highest BCUT2D eigenvalue weighted by Crippen LogP contribution is 2.34. The number of benzene rings is 2. The lowest BCUT2D eigenvalue weighted by Crippen LogP contribution is -2.52. The molecule has 1 aliphatic carbocycles. The molecule has 57 heavy (non-hydrogen) atoms. The maximum atomic E-state index is 12.9. The highest BCUT2D eigenvalue weighted by molar-refractivity contribution is 6.08. The molecule has 3 aromatic heterocycles. The largest absolute Gasteiger partial charge is 0.481 e. The number of nitrogens with zero attached hydrogens (tertiary/aromatic N) is 5. The van der Waals surface area contributed by atoms with Gasteiger partial charge >= 0.3 is 0 Å². The van der Waals surface area contributed by atoms with Crippen LogP contribution < -0.4 is 14.8 Å². The van der Waals surface area contributed by atoms with E-state index in [1.54, 1.807) is 12.1 Å². The van der Waals surface area contributed by atoms with Crippen molar-refractivity contribution in [2.75, 3.05) is 26.2 Å². The van der Waals surface area contributed by atoms with Crippen LogP contribution in [-0.4, -0.2) is 92.7 Å². The second-order valence-corrected chi connectivity index (χ2v) is 15.5. The topological polar surface area (TPSA) is 128 Å². The van der Waals surface area contributed by atoms with Crippen LogP contribution in [0, 0.1) is 11.8 Å². The van der Waals surface area contributed by atoms with Crippen molar-refractivity contribution in [1.29, 1.82) is 0 Å². The number of carbonyl (C=O) groups is 3. The molecule has 2 aromatic carbocycles. The number of pyridine rings is 2. The lowest BCUT2D eigenvalue weighted by Gasteiger charge is -2.39. The molecule has 3 amide bonds. The molecule has 2 saturated heterocycles. The van der Waals surface area contributed by atoms with Gasteiger partial charge in [-0.25, -0.2) is 4.98 Å². The zero-order valence-corrected chi connectivity index (χ0v) is 32.1. The van der Waals surface area contributed by atoms with Crippen molar-refractivity contribution in [3.05, 3.63) is 84.3 Å². The van der Waals surface area contributed by atoms with E-state index in [0.717, 1.165) is 80.2 Å². The molecule has 1 N–H and O–H groups in total. The van der Waals surface area contributed by atoms with E-state index in [-0.39, 0.29) is 37.0 Å². The quantitative estimate of drug-likeness (QED) is 0.101. The van der Waals surface area contributed by atoms with Gasteiger partial charge in [0.15, 0.2) is 0 Å². The average molecular weight is 767 g/mol. The van der Waals surface area contributed by atoms with Crippen LogP contribution >= 0.6 is 0 Å². The summed E-state index contributed by atoms with van der Waals surface area (Å²) in [6.45, 7) is 3.69. The van der Waals surface area contributed by atoms with Crippen LogP contribution in [0.1, 0.15) is 67.3 Å². The zero-order chi connectivity index (χ0) is 38.9. The molecule has 292 valence electrons. The first-order chi connectivity index (χ1) is 27.9. The third kappa shape index (κ3) is 7.82. The highest BCUT2D eigenvalue weighted by atomic mass is 16.5. The maximum absolute atomic E-state index is 12.9. The molecule has 1 saturated carbocycles. The van der Waals surface area contributed by atoms with E-state index in [4.69, 9.17) is 14.2 Å². The minimum Gasteiger partial charge on any atom is -0.481 e. The predicted octanol–water partition coefficient (Wildman–Crippen LogP) is 5.80. The van der Waals surface area contributed by atoms with E-state index in [1.165, 1.54) is 21.3 Å². The van der Waals surface area contributed by atoms with Crippen molar-refractivity contribution >= 4 is 39.5 Å². The number of aromatic nitrogens is 3. The Morgan fingerprint density at radius 3 is 2.54 bits per heavy atom. The number of nitrogens with one attached hydrogen (secondary N) is 1. The Morgan fingerprint density at radius 1 is 0.860 bits per heavy atom. The summed E-state index contributed by atoms with van der Waals surface area (Å²) in [5, 5.41) is 4.70. The highest BCUT2D eigenvalue weighted by Gasteiger charge is 2.39. The van der Waals surface area contributed by atoms with Gasteiger partial charge in [0.25, 0.3) is 5.91 Å². The van der Waals surface area contributed by atoms with Gasteiger partial charge in [-0.2, -0.15) is 0 Å². The van der Waals surface area contributed by atoms with Gasteiger partial charge in [-0.1, -0.05) is 24.0 Å². The molecule has 3 fully saturated rings. The number of fused-ring (bicyclic) bond motifs is 4. The zero-order valence-electron chi connectivity index (χ0n) is 32.1. The fourth-order valence-corrected chi connectivity index (χ4v) is 8.58. The molecule has 1 atom stereocenters. The van der Waals surface area contributed by atoms with Crippen LogP contribution in [0.15, 0.2) is 73.2 Å². The van der Waals surface area contributed by atoms with E-state index in [9.17, 15) is 14.4 Å². The van der Waals surface area contributed by atoms with Gasteiger partial charge in [0.2, 0.25) is 17.7 Å². The Hall–Kier alpha value is -5.77. The summed E-state index contributed by atoms with van der Waals surface area (Å²) in [5.41, 5.74) is 5.91. The van der Waals surface area contributed by atoms with Crippen molar-refractivity contribution in [2.24, 2.45) is 7.05 Å². The number of imide groups is 1. The summed E-state index contributed by atoms with van der Waals surface area (Å²) in [4.78, 5) is 49.7. The van der Waals surface area contributed by atoms with Gasteiger partial charge < -0.3 is 28.6 Å². The maximum Gasteiger partial charge on any atom is 0.255 e. The van der Waals surface area contributed by atoms with Crippen LogP contribution in [-0.2, 0) is 27.9 Å². The van der Waals surface area contributed by atoms with Crippen LogP contribution in [0.5, 0.6) is 11.6 Å². The molecule has 12 heteroatoms. The molecule has 0 spiro atoms. The summed E-state index contributed by atoms with van der Waals surface area (Å²) >= 11 is 0. The number of piperidine rings is 2. The Bertz CT molecular complexity index is 2380. The van der Waals surface area contributed by atoms with Crippen LogP contribution in [0.4, 0.5) is 0 Å². The minimum absolute atomic E-state index is 0.137. The summed E-state index contributed by atoms with van der Waals surface area (Å²) in [6.07, 6.45) is 12.6. The van der Waals surface area contributed by atoms with E-state index in [0.29, 0.717) is 36.3 Å². The molecule has 3 aliphatic heterocycles. The lowest BCUT2D eigenvalue weighted by atomic mass is 9.91. The third-order valence-electron chi connectivity index (χ3n) is 11.8. The Kier molecular flexibility index (Phi) is 10.3. The van der Waals surface area contributed by atoms with Crippen molar-refractivity contribution in [1.82, 2.24) is 29.7 Å². The number of aryl methyl sites for hydroxylation is 1. The number of hydrogen-bond donors (Lipinski definition) is 1. The Morgan fingerprint density at radius 2 is 1.72 bits per heavy atom. The van der Waals surface area contributed by atoms with Gasteiger partial charge in [0.05, 0.1) is 17.7 Å². The van der Waals surface area contributed by atoms with E-state index < -0.39 is 11.9 Å². The molecule has 12 nitrogen and oxygen atoms in total. The van der Waals surface area contributed by atoms with Crippen LogP contribution in [0.25, 0.3) is 32.9 Å². The number of ether oxygens (including phenoxy) is 3. The second-order valence-electron chi connectivity index (χ2n) is 15.5. The summed E-state index contributed by atoms with van der Waals surface area (Å²) < 4.78 is 20.7. The van der Waals surface area contributed by atoms with Crippen LogP contribution in [0.3, 0.4) is 0 Å². The normalized spacial score (nSPS) is 21.2. The number of rotatable bonds is 11. The van der Waals surface area contributed by atoms with Crippen molar-refractivity contribution in [3.63, 3.8) is 0 Å². The third-order valence-corrected chi connectivity index (χ3v) is 11.8. The number of likely N-dealkylation sites (tertiary alicyclic amines) is 1. The predicted molar refractivity (Wildman–Crippen MR) is 214 cm³/mol. The number of carbonyl (C=O) groups excluding carboxylic acids is 3. The Labute approximate surface area is 331 Å². The van der Waals surface area contributed by atoms with Gasteiger partial charge in [-0.05, 0) is 79.8 Å². The van der Waals surface area contributed by atoms with Gasteiger partial charge in [-0.15, -0.1) is 0 Å². The van der Waals surface area contributed by atoms with E-state index in [2.05, 4.69) is 74.0 Å². The van der Waals surface area contributed by atoms with Gasteiger partial charge in [0, 0.05) is 104 Å². The molecule has 0 bridgehead atoms. The summed E-state index contributed by atoms with van der Waals surface area (Å²) in [5.74, 6) is 6.74. The van der Waals surface area contributed by atoms with Gasteiger partial charge in [0.1, 0.15) is 24.5 Å². The first kappa shape index (κ1) is 36.8. The average Bonchev–Trinajstić information content (AvgIpc) is 3.69. The molecule has 4 aliphatic rings. The van der Waals surface area contributed by atoms with Crippen molar-refractivity contribution in [2.45, 2.75) is 82.3 Å². The smallest absolute Gasteiger partial charge is 0.255 e. The minimum atomic E-state index is -0.627. The molecule has 0 radical (unpaired) electrons. The fourth-order valence-electron chi connectivity index (χ4n) is 8.58. The second kappa shape index (κ2) is 16.0. The van der Waals surface area contributed by atoms with E-state index >= 15 is 0 Å². The van der Waals surface area contributed by atoms with E-state index in [1.807, 2.05) is 30.7 Å². The molecule has 6 heterocycles. The van der Waals surface area contributed by atoms with Gasteiger partial charge in [-0.3, -0.25) is 24.7 Å². The van der Waals surface area contributed by atoms with Crippen molar-refractivity contribution in [3.8, 4) is 34.6 Å². The number of amides is 3. The molecule has 1 unspecified atom stereocenters. The number of unbranched alkanes of at least 4 members (excludes halogenated alkanes) is 1.